The Morgan fingerprint density at radius 2 is 2.16 bits per heavy atom. The Kier molecular flexibility index (Phi) is 5.24. The molecule has 1 aromatic carbocycles. The zero-order valence-corrected chi connectivity index (χ0v) is 14.6. The number of amides is 2. The first-order valence-corrected chi connectivity index (χ1v) is 8.58. The summed E-state index contributed by atoms with van der Waals surface area (Å²) in [7, 11) is 3.49. The molecule has 2 aliphatic heterocycles. The van der Waals surface area contributed by atoms with Gasteiger partial charge in [-0.15, -0.1) is 0 Å². The minimum Gasteiger partial charge on any atom is -0.508 e. The van der Waals surface area contributed by atoms with Crippen LogP contribution in [0.5, 0.6) is 5.75 Å². The Morgan fingerprint density at radius 1 is 1.36 bits per heavy atom. The van der Waals surface area contributed by atoms with Crippen LogP contribution in [0, 0.1) is 0 Å². The van der Waals surface area contributed by atoms with Crippen LogP contribution in [0.25, 0.3) is 0 Å². The summed E-state index contributed by atoms with van der Waals surface area (Å²) in [5.74, 6) is -0.0318. The first-order valence-electron chi connectivity index (χ1n) is 8.58. The van der Waals surface area contributed by atoms with Crippen molar-refractivity contribution in [2.24, 2.45) is 0 Å². The number of phenolic OH excluding ortho intramolecular Hbond substituents is 1. The van der Waals surface area contributed by atoms with E-state index in [1.807, 2.05) is 0 Å². The summed E-state index contributed by atoms with van der Waals surface area (Å²) in [6.07, 6.45) is 1.13. The Hall–Kier alpha value is -2.12. The maximum Gasteiger partial charge on any atom is 0.251 e. The molecular weight excluding hydrogens is 322 g/mol. The number of nitrogens with one attached hydrogen (secondary N) is 1. The van der Waals surface area contributed by atoms with Gasteiger partial charge in [-0.25, -0.2) is 0 Å². The Balaban J connectivity index is 1.53. The molecule has 7 nitrogen and oxygen atoms in total. The van der Waals surface area contributed by atoms with Gasteiger partial charge < -0.3 is 20.1 Å². The summed E-state index contributed by atoms with van der Waals surface area (Å²) in [5.41, 5.74) is 0.454. The highest BCUT2D eigenvalue weighted by atomic mass is 16.5. The number of morpholine rings is 1. The number of carbonyl (C=O) groups is 2. The number of hydrogen-bond donors (Lipinski definition) is 2. The molecule has 2 aliphatic rings. The highest BCUT2D eigenvalue weighted by Gasteiger charge is 2.38. The lowest BCUT2D eigenvalue weighted by molar-refractivity contribution is -0.134. The summed E-state index contributed by atoms with van der Waals surface area (Å²) < 4.78 is 5.83. The molecule has 3 rings (SSSR count). The minimum absolute atomic E-state index is 0.0479. The second kappa shape index (κ2) is 7.41. The number of carbonyl (C=O) groups excluding carboxylic acids is 2. The molecule has 2 N–H and O–H groups in total. The summed E-state index contributed by atoms with van der Waals surface area (Å²) in [6.45, 7) is 2.05. The highest BCUT2D eigenvalue weighted by molar-refractivity contribution is 5.94. The van der Waals surface area contributed by atoms with E-state index in [1.54, 1.807) is 37.2 Å². The monoisotopic (exact) mass is 347 g/mol. The largest absolute Gasteiger partial charge is 0.508 e. The first kappa shape index (κ1) is 17.7. The minimum atomic E-state index is -0.180. The third kappa shape index (κ3) is 4.29. The van der Waals surface area contributed by atoms with Crippen LogP contribution in [0.2, 0.25) is 0 Å². The van der Waals surface area contributed by atoms with Crippen LogP contribution in [-0.2, 0) is 9.53 Å². The normalized spacial score (nSPS) is 26.1. The second-order valence-corrected chi connectivity index (χ2v) is 7.01. The van der Waals surface area contributed by atoms with Gasteiger partial charge in [0.05, 0.1) is 19.1 Å². The van der Waals surface area contributed by atoms with Crippen LogP contribution in [0.15, 0.2) is 24.3 Å². The molecule has 0 bridgehead atoms. The highest BCUT2D eigenvalue weighted by Crippen LogP contribution is 2.25. The van der Waals surface area contributed by atoms with E-state index in [1.165, 1.54) is 6.07 Å². The van der Waals surface area contributed by atoms with Gasteiger partial charge in [-0.05, 0) is 24.6 Å². The summed E-state index contributed by atoms with van der Waals surface area (Å²) in [5, 5.41) is 12.5. The fraction of sp³-hybridized carbons (Fsp3) is 0.556. The zero-order valence-electron chi connectivity index (χ0n) is 14.6. The third-order valence-corrected chi connectivity index (χ3v) is 4.83. The van der Waals surface area contributed by atoms with E-state index in [0.29, 0.717) is 25.1 Å². The molecule has 25 heavy (non-hydrogen) atoms. The Bertz CT molecular complexity index is 649. The van der Waals surface area contributed by atoms with Crippen molar-refractivity contribution in [2.45, 2.75) is 31.0 Å². The quantitative estimate of drug-likeness (QED) is 0.826. The fourth-order valence-corrected chi connectivity index (χ4v) is 3.46. The molecule has 0 unspecified atom stereocenters. The Morgan fingerprint density at radius 3 is 2.88 bits per heavy atom. The second-order valence-electron chi connectivity index (χ2n) is 7.01. The van der Waals surface area contributed by atoms with Gasteiger partial charge >= 0.3 is 0 Å². The predicted molar refractivity (Wildman–Crippen MR) is 92.4 cm³/mol. The summed E-state index contributed by atoms with van der Waals surface area (Å²) in [4.78, 5) is 28.0. The molecule has 2 fully saturated rings. The van der Waals surface area contributed by atoms with E-state index in [-0.39, 0.29) is 35.8 Å². The van der Waals surface area contributed by atoms with Crippen molar-refractivity contribution in [3.8, 4) is 5.75 Å². The standard InChI is InChI=1S/C18H25N3O4/c1-20(2)17(23)8-16-10-21-9-13(7-14(21)11-25-16)19-18(24)12-4-3-5-15(22)6-12/h3-6,13-14,16,22H,7-11H2,1-2H3,(H,19,24)/t13-,14-,16-/m0/s1. The lowest BCUT2D eigenvalue weighted by Crippen LogP contribution is -2.47. The van der Waals surface area contributed by atoms with Gasteiger partial charge in [-0.1, -0.05) is 6.07 Å². The van der Waals surface area contributed by atoms with Crippen molar-refractivity contribution in [3.63, 3.8) is 0 Å². The molecule has 136 valence electrons. The van der Waals surface area contributed by atoms with Gasteiger partial charge in [-0.3, -0.25) is 14.5 Å². The van der Waals surface area contributed by atoms with Crippen LogP contribution in [0.3, 0.4) is 0 Å². The van der Waals surface area contributed by atoms with Crippen molar-refractivity contribution < 1.29 is 19.4 Å². The van der Waals surface area contributed by atoms with Gasteiger partial charge in [0.1, 0.15) is 5.75 Å². The average molecular weight is 347 g/mol. The number of phenols is 1. The van der Waals surface area contributed by atoms with Crippen molar-refractivity contribution in [1.82, 2.24) is 15.1 Å². The average Bonchev–Trinajstić information content (AvgIpc) is 2.96. The van der Waals surface area contributed by atoms with Crippen LogP contribution < -0.4 is 5.32 Å². The smallest absolute Gasteiger partial charge is 0.251 e. The van der Waals surface area contributed by atoms with Gasteiger partial charge in [0.15, 0.2) is 0 Å². The number of ether oxygens (including phenoxy) is 1. The first-order chi connectivity index (χ1) is 11.9. The molecule has 1 aromatic rings. The number of fused-ring (bicyclic) bond motifs is 1. The molecule has 3 atom stereocenters. The van der Waals surface area contributed by atoms with E-state index in [4.69, 9.17) is 4.74 Å². The Labute approximate surface area is 147 Å². The van der Waals surface area contributed by atoms with E-state index in [9.17, 15) is 14.7 Å². The third-order valence-electron chi connectivity index (χ3n) is 4.83. The zero-order chi connectivity index (χ0) is 18.0. The lowest BCUT2D eigenvalue weighted by atomic mass is 10.1. The van der Waals surface area contributed by atoms with Gasteiger partial charge in [0.2, 0.25) is 5.91 Å². The molecule has 0 radical (unpaired) electrons. The summed E-state index contributed by atoms with van der Waals surface area (Å²) in [6, 6.07) is 6.67. The molecule has 2 heterocycles. The van der Waals surface area contributed by atoms with Crippen molar-refractivity contribution in [3.05, 3.63) is 29.8 Å². The van der Waals surface area contributed by atoms with Crippen LogP contribution in [0.4, 0.5) is 0 Å². The van der Waals surface area contributed by atoms with Crippen LogP contribution in [0.1, 0.15) is 23.2 Å². The SMILES string of the molecule is CN(C)C(=O)C[C@H]1CN2C[C@@H](NC(=O)c3cccc(O)c3)C[C@H]2CO1. The number of rotatable bonds is 4. The van der Waals surface area contributed by atoms with E-state index in [0.717, 1.165) is 13.0 Å². The molecule has 7 heteroatoms. The van der Waals surface area contributed by atoms with Gasteiger partial charge in [0.25, 0.3) is 5.91 Å². The van der Waals surface area contributed by atoms with Crippen molar-refractivity contribution in [2.75, 3.05) is 33.8 Å². The number of nitrogens with zero attached hydrogens (tertiary/aromatic N) is 2. The maximum absolute atomic E-state index is 12.3. The van der Waals surface area contributed by atoms with E-state index >= 15 is 0 Å². The fourth-order valence-electron chi connectivity index (χ4n) is 3.46. The molecule has 0 aromatic heterocycles. The van der Waals surface area contributed by atoms with Crippen molar-refractivity contribution >= 4 is 11.8 Å². The molecular formula is C18H25N3O4. The predicted octanol–water partition coefficient (Wildman–Crippen LogP) is 0.442. The van der Waals surface area contributed by atoms with E-state index in [2.05, 4.69) is 10.2 Å². The number of hydrogen-bond acceptors (Lipinski definition) is 5. The molecule has 2 amide bonds. The number of benzene rings is 1. The van der Waals surface area contributed by atoms with Crippen LogP contribution >= 0.6 is 0 Å². The molecule has 0 aliphatic carbocycles. The molecule has 2 saturated heterocycles. The maximum atomic E-state index is 12.3. The van der Waals surface area contributed by atoms with Crippen LogP contribution in [-0.4, -0.2) is 78.7 Å². The van der Waals surface area contributed by atoms with Gasteiger partial charge in [-0.2, -0.15) is 0 Å². The van der Waals surface area contributed by atoms with Crippen molar-refractivity contribution in [1.29, 1.82) is 0 Å². The lowest BCUT2D eigenvalue weighted by Gasteiger charge is -2.35. The topological polar surface area (TPSA) is 82.1 Å². The van der Waals surface area contributed by atoms with E-state index < -0.39 is 0 Å². The number of aromatic hydroxyl groups is 1. The molecule has 0 spiro atoms. The molecule has 0 saturated carbocycles. The summed E-state index contributed by atoms with van der Waals surface area (Å²) >= 11 is 0. The van der Waals surface area contributed by atoms with Gasteiger partial charge in [0, 0.05) is 44.8 Å².